The Hall–Kier alpha value is -4.23. The molecule has 3 heterocycles. The number of aryl methyl sites for hydroxylation is 1. The normalized spacial score (nSPS) is 14.2. The monoisotopic (exact) mass is 649 g/mol. The number of likely N-dealkylation sites (tertiary alicyclic amines) is 1. The maximum atomic E-state index is 13.1. The summed E-state index contributed by atoms with van der Waals surface area (Å²) in [6.07, 6.45) is 5.70. The summed E-state index contributed by atoms with van der Waals surface area (Å²) >= 11 is 0. The number of sulfone groups is 1. The third kappa shape index (κ3) is 7.26. The summed E-state index contributed by atoms with van der Waals surface area (Å²) in [5.41, 5.74) is 3.92. The molecule has 2 aromatic carbocycles. The fraction of sp³-hybridized carbons (Fsp3) is 0.455. The molecule has 13 heteroatoms. The highest BCUT2D eigenvalue weighted by molar-refractivity contribution is 7.92. The van der Waals surface area contributed by atoms with Crippen molar-refractivity contribution in [2.24, 2.45) is 0 Å². The lowest BCUT2D eigenvalue weighted by atomic mass is 9.86. The van der Waals surface area contributed by atoms with Gasteiger partial charge in [0.05, 0.1) is 34.8 Å². The summed E-state index contributed by atoms with van der Waals surface area (Å²) in [6.45, 7) is 7.55. The van der Waals surface area contributed by atoms with Gasteiger partial charge in [-0.05, 0) is 87.8 Å². The number of hydrogen-bond acceptors (Lipinski definition) is 10. The van der Waals surface area contributed by atoms with E-state index < -0.39 is 15.1 Å². The van der Waals surface area contributed by atoms with Gasteiger partial charge >= 0.3 is 0 Å². The van der Waals surface area contributed by atoms with Crippen LogP contribution in [0.2, 0.25) is 0 Å². The van der Waals surface area contributed by atoms with Crippen LogP contribution < -0.4 is 15.4 Å². The molecule has 0 atom stereocenters. The summed E-state index contributed by atoms with van der Waals surface area (Å²) < 4.78 is 38.6. The quantitative estimate of drug-likeness (QED) is 0.175. The van der Waals surface area contributed by atoms with Gasteiger partial charge in [0.1, 0.15) is 5.75 Å². The summed E-state index contributed by atoms with van der Waals surface area (Å²) in [5, 5.41) is 10.2. The minimum atomic E-state index is -3.56. The Morgan fingerprint density at radius 1 is 1.02 bits per heavy atom. The first kappa shape index (κ1) is 33.1. The van der Waals surface area contributed by atoms with Crippen molar-refractivity contribution in [2.45, 2.75) is 68.9 Å². The van der Waals surface area contributed by atoms with Crippen molar-refractivity contribution >= 4 is 44.7 Å². The van der Waals surface area contributed by atoms with Crippen LogP contribution in [0.1, 0.15) is 63.0 Å². The van der Waals surface area contributed by atoms with Gasteiger partial charge in [0.15, 0.2) is 15.5 Å². The lowest BCUT2D eigenvalue weighted by Gasteiger charge is -2.33. The number of nitrogens with zero attached hydrogens (tertiary/aromatic N) is 5. The van der Waals surface area contributed by atoms with Crippen molar-refractivity contribution in [2.75, 3.05) is 44.5 Å². The van der Waals surface area contributed by atoms with Crippen LogP contribution >= 0.6 is 0 Å². The number of rotatable bonds is 13. The van der Waals surface area contributed by atoms with Crippen LogP contribution in [0.4, 0.5) is 23.3 Å². The second kappa shape index (κ2) is 14.5. The number of para-hydroxylation sites is 1. The average Bonchev–Trinajstić information content (AvgIpc) is 3.52. The van der Waals surface area contributed by atoms with Crippen LogP contribution in [-0.4, -0.2) is 78.0 Å². The number of unbranched alkanes of at least 4 members (excludes halogenated alkanes) is 1. The number of piperidine rings is 1. The minimum absolute atomic E-state index is 0.184. The maximum absolute atomic E-state index is 13.1. The molecule has 0 spiro atoms. The SMILES string of the molecule is COCCCCC(=O)N1CCC(c2cc(OC)c(Nc3nc(Nc4ccccc4S(=O)(=O)C(C)C)n4nccc4n3)cc2C)CC1. The summed E-state index contributed by atoms with van der Waals surface area (Å²) in [7, 11) is -0.247. The minimum Gasteiger partial charge on any atom is -0.495 e. The zero-order valence-corrected chi connectivity index (χ0v) is 27.9. The predicted molar refractivity (Wildman–Crippen MR) is 178 cm³/mol. The first-order chi connectivity index (χ1) is 22.1. The van der Waals surface area contributed by atoms with E-state index in [2.05, 4.69) is 38.7 Å². The van der Waals surface area contributed by atoms with E-state index >= 15 is 0 Å². The van der Waals surface area contributed by atoms with Crippen molar-refractivity contribution in [1.82, 2.24) is 24.5 Å². The molecule has 2 aromatic heterocycles. The fourth-order valence-electron chi connectivity index (χ4n) is 5.81. The number of aromatic nitrogens is 4. The zero-order chi connectivity index (χ0) is 32.8. The number of nitrogens with one attached hydrogen (secondary N) is 2. The summed E-state index contributed by atoms with van der Waals surface area (Å²) in [6, 6.07) is 12.6. The zero-order valence-electron chi connectivity index (χ0n) is 27.1. The van der Waals surface area contributed by atoms with Crippen LogP contribution in [0, 0.1) is 6.92 Å². The van der Waals surface area contributed by atoms with Crippen LogP contribution in [0.3, 0.4) is 0 Å². The molecule has 1 amide bonds. The average molecular weight is 650 g/mol. The van der Waals surface area contributed by atoms with Gasteiger partial charge in [-0.25, -0.2) is 8.42 Å². The third-order valence-electron chi connectivity index (χ3n) is 8.43. The molecule has 1 aliphatic heterocycles. The molecule has 2 N–H and O–H groups in total. The highest BCUT2D eigenvalue weighted by Crippen LogP contribution is 2.38. The smallest absolute Gasteiger partial charge is 0.233 e. The van der Waals surface area contributed by atoms with E-state index in [0.717, 1.165) is 44.3 Å². The number of amides is 1. The number of ether oxygens (including phenoxy) is 2. The Kier molecular flexibility index (Phi) is 10.4. The van der Waals surface area contributed by atoms with Crippen LogP contribution in [0.25, 0.3) is 5.65 Å². The molecule has 1 fully saturated rings. The van der Waals surface area contributed by atoms with Gasteiger partial charge in [-0.15, -0.1) is 0 Å². The van der Waals surface area contributed by atoms with Gasteiger partial charge in [0, 0.05) is 39.3 Å². The molecule has 0 saturated carbocycles. The molecular weight excluding hydrogens is 606 g/mol. The van der Waals surface area contributed by atoms with Gasteiger partial charge in [0.2, 0.25) is 17.8 Å². The lowest BCUT2D eigenvalue weighted by Crippen LogP contribution is -2.37. The Labute approximate surface area is 270 Å². The fourth-order valence-corrected chi connectivity index (χ4v) is 7.01. The standard InChI is InChI=1S/C33H43N7O5S/c1-22(2)46(42,43)29-11-7-6-10-26(29)36-33-38-32(37-30-13-16-34-40(30)33)35-27-20-23(3)25(21-28(27)45-5)24-14-17-39(18-15-24)31(41)12-8-9-19-44-4/h6-7,10-11,13,16,20-22,24H,8-9,12,14-15,17-19H2,1-5H3,(H2,35,36,37,38). The molecule has 1 saturated heterocycles. The number of fused-ring (bicyclic) bond motifs is 1. The van der Waals surface area contributed by atoms with Gasteiger partial charge in [0.25, 0.3) is 0 Å². The molecule has 0 unspecified atom stereocenters. The Balaban J connectivity index is 1.35. The predicted octanol–water partition coefficient (Wildman–Crippen LogP) is 5.63. The molecule has 0 bridgehead atoms. The number of carbonyl (C=O) groups is 1. The molecule has 0 radical (unpaired) electrons. The molecule has 1 aliphatic rings. The highest BCUT2D eigenvalue weighted by Gasteiger charge is 2.26. The second-order valence-electron chi connectivity index (χ2n) is 11.8. The Morgan fingerprint density at radius 2 is 1.78 bits per heavy atom. The van der Waals surface area contributed by atoms with E-state index in [-0.39, 0.29) is 10.8 Å². The largest absolute Gasteiger partial charge is 0.495 e. The number of anilines is 4. The van der Waals surface area contributed by atoms with Gasteiger partial charge in [-0.3, -0.25) is 4.79 Å². The van der Waals surface area contributed by atoms with E-state index in [1.807, 2.05) is 11.0 Å². The van der Waals surface area contributed by atoms with Crippen LogP contribution in [0.5, 0.6) is 5.75 Å². The summed E-state index contributed by atoms with van der Waals surface area (Å²) in [4.78, 5) is 24.1. The lowest BCUT2D eigenvalue weighted by molar-refractivity contribution is -0.132. The van der Waals surface area contributed by atoms with Crippen LogP contribution in [0.15, 0.2) is 53.6 Å². The molecule has 46 heavy (non-hydrogen) atoms. The first-order valence-electron chi connectivity index (χ1n) is 15.7. The van der Waals surface area contributed by atoms with E-state index in [1.165, 1.54) is 10.1 Å². The highest BCUT2D eigenvalue weighted by atomic mass is 32.2. The van der Waals surface area contributed by atoms with Gasteiger partial charge in [-0.1, -0.05) is 12.1 Å². The summed E-state index contributed by atoms with van der Waals surface area (Å²) in [5.74, 6) is 1.78. The van der Waals surface area contributed by atoms with E-state index in [0.29, 0.717) is 53.6 Å². The molecule has 246 valence electrons. The van der Waals surface area contributed by atoms with Crippen molar-refractivity contribution in [1.29, 1.82) is 0 Å². The number of methoxy groups -OCH3 is 2. The maximum Gasteiger partial charge on any atom is 0.233 e. The van der Waals surface area contributed by atoms with Gasteiger partial charge in [-0.2, -0.15) is 19.6 Å². The first-order valence-corrected chi connectivity index (χ1v) is 17.2. The molecule has 5 rings (SSSR count). The number of hydrogen-bond donors (Lipinski definition) is 2. The second-order valence-corrected chi connectivity index (χ2v) is 14.3. The van der Waals surface area contributed by atoms with Crippen molar-refractivity contribution < 1.29 is 22.7 Å². The van der Waals surface area contributed by atoms with Crippen LogP contribution in [-0.2, 0) is 19.4 Å². The van der Waals surface area contributed by atoms with Crippen molar-refractivity contribution in [3.63, 3.8) is 0 Å². The molecule has 4 aromatic rings. The van der Waals surface area contributed by atoms with E-state index in [9.17, 15) is 13.2 Å². The van der Waals surface area contributed by atoms with E-state index in [4.69, 9.17) is 9.47 Å². The molecule has 0 aliphatic carbocycles. The molecule has 12 nitrogen and oxygen atoms in total. The van der Waals surface area contributed by atoms with E-state index in [1.54, 1.807) is 64.6 Å². The Bertz CT molecular complexity index is 1780. The van der Waals surface area contributed by atoms with Crippen molar-refractivity contribution in [3.05, 3.63) is 59.8 Å². The van der Waals surface area contributed by atoms with Gasteiger partial charge < -0.3 is 25.0 Å². The third-order valence-corrected chi connectivity index (χ3v) is 10.6. The topological polar surface area (TPSA) is 140 Å². The molecular formula is C33H43N7O5S. The number of carbonyl (C=O) groups excluding carboxylic acids is 1. The van der Waals surface area contributed by atoms with Crippen molar-refractivity contribution in [3.8, 4) is 5.75 Å². The number of benzene rings is 2. The Morgan fingerprint density at radius 3 is 2.50 bits per heavy atom.